The summed E-state index contributed by atoms with van der Waals surface area (Å²) in [5.41, 5.74) is 1.75. The molecule has 3 nitrogen and oxygen atoms in total. The van der Waals surface area contributed by atoms with Gasteiger partial charge in [0.05, 0.1) is 18.4 Å². The Hall–Kier alpha value is -1.69. The van der Waals surface area contributed by atoms with E-state index in [4.69, 9.17) is 10.00 Å². The van der Waals surface area contributed by atoms with Crippen molar-refractivity contribution in [3.8, 4) is 11.8 Å². The molecule has 1 saturated heterocycles. The largest absolute Gasteiger partial charge is 0.497 e. The Balaban J connectivity index is 2.28. The van der Waals surface area contributed by atoms with E-state index in [1.807, 2.05) is 18.2 Å². The summed E-state index contributed by atoms with van der Waals surface area (Å²) in [6.45, 7) is 4.32. The zero-order valence-corrected chi connectivity index (χ0v) is 10.4. The second-order valence-electron chi connectivity index (χ2n) is 4.50. The van der Waals surface area contributed by atoms with Crippen LogP contribution in [0.2, 0.25) is 0 Å². The zero-order valence-electron chi connectivity index (χ0n) is 10.4. The topological polar surface area (TPSA) is 36.3 Å². The first-order valence-electron chi connectivity index (χ1n) is 6.11. The van der Waals surface area contributed by atoms with Gasteiger partial charge in [-0.1, -0.05) is 13.3 Å². The van der Waals surface area contributed by atoms with Crippen molar-refractivity contribution in [2.75, 3.05) is 25.1 Å². The van der Waals surface area contributed by atoms with Crippen molar-refractivity contribution >= 4 is 5.69 Å². The molecule has 90 valence electrons. The number of nitrogens with zero attached hydrogens (tertiary/aromatic N) is 2. The Morgan fingerprint density at radius 2 is 2.35 bits per heavy atom. The number of ether oxygens (including phenoxy) is 1. The van der Waals surface area contributed by atoms with E-state index in [2.05, 4.69) is 17.9 Å². The lowest BCUT2D eigenvalue weighted by atomic mass is 10.1. The average Bonchev–Trinajstić information content (AvgIpc) is 2.86. The zero-order chi connectivity index (χ0) is 12.3. The first kappa shape index (κ1) is 11.8. The van der Waals surface area contributed by atoms with Crippen LogP contribution >= 0.6 is 0 Å². The van der Waals surface area contributed by atoms with Crippen molar-refractivity contribution in [2.24, 2.45) is 5.92 Å². The number of anilines is 1. The van der Waals surface area contributed by atoms with E-state index in [9.17, 15) is 0 Å². The highest BCUT2D eigenvalue weighted by atomic mass is 16.5. The molecule has 1 fully saturated rings. The SMILES string of the molecule is CCC1CCN(c2cc(OC)ccc2C#N)C1. The molecule has 0 N–H and O–H groups in total. The van der Waals surface area contributed by atoms with Gasteiger partial charge in [0.2, 0.25) is 0 Å². The van der Waals surface area contributed by atoms with Crippen LogP contribution in [0.5, 0.6) is 5.75 Å². The normalized spacial score (nSPS) is 19.1. The third-order valence-corrected chi connectivity index (χ3v) is 3.53. The summed E-state index contributed by atoms with van der Waals surface area (Å²) in [6.07, 6.45) is 2.43. The van der Waals surface area contributed by atoms with Crippen LogP contribution in [0.4, 0.5) is 5.69 Å². The van der Waals surface area contributed by atoms with Crippen molar-refractivity contribution in [1.29, 1.82) is 5.26 Å². The smallest absolute Gasteiger partial charge is 0.121 e. The molecule has 2 rings (SSSR count). The molecule has 0 spiro atoms. The number of hydrogen-bond donors (Lipinski definition) is 0. The van der Waals surface area contributed by atoms with Crippen molar-refractivity contribution in [3.05, 3.63) is 23.8 Å². The highest BCUT2D eigenvalue weighted by Crippen LogP contribution is 2.30. The quantitative estimate of drug-likeness (QED) is 0.801. The maximum Gasteiger partial charge on any atom is 0.121 e. The van der Waals surface area contributed by atoms with Crippen molar-refractivity contribution in [2.45, 2.75) is 19.8 Å². The fourth-order valence-corrected chi connectivity index (χ4v) is 2.38. The molecule has 0 bridgehead atoms. The van der Waals surface area contributed by atoms with Crippen molar-refractivity contribution < 1.29 is 4.74 Å². The average molecular weight is 230 g/mol. The lowest BCUT2D eigenvalue weighted by molar-refractivity contribution is 0.415. The van der Waals surface area contributed by atoms with E-state index >= 15 is 0 Å². The van der Waals surface area contributed by atoms with Gasteiger partial charge in [-0.25, -0.2) is 0 Å². The summed E-state index contributed by atoms with van der Waals surface area (Å²) < 4.78 is 5.23. The molecular weight excluding hydrogens is 212 g/mol. The van der Waals surface area contributed by atoms with Crippen molar-refractivity contribution in [1.82, 2.24) is 0 Å². The van der Waals surface area contributed by atoms with Crippen LogP contribution in [0.1, 0.15) is 25.3 Å². The summed E-state index contributed by atoms with van der Waals surface area (Å²) in [5.74, 6) is 1.58. The first-order chi connectivity index (χ1) is 8.28. The van der Waals surface area contributed by atoms with Gasteiger partial charge in [-0.2, -0.15) is 5.26 Å². The lowest BCUT2D eigenvalue weighted by Gasteiger charge is -2.20. The van der Waals surface area contributed by atoms with Crippen LogP contribution in [0.15, 0.2) is 18.2 Å². The van der Waals surface area contributed by atoms with E-state index in [-0.39, 0.29) is 0 Å². The molecule has 1 heterocycles. The van der Waals surface area contributed by atoms with Crippen LogP contribution < -0.4 is 9.64 Å². The summed E-state index contributed by atoms with van der Waals surface area (Å²) >= 11 is 0. The third-order valence-electron chi connectivity index (χ3n) is 3.53. The molecule has 1 atom stereocenters. The molecule has 3 heteroatoms. The van der Waals surface area contributed by atoms with E-state index in [0.717, 1.165) is 36.0 Å². The number of rotatable bonds is 3. The summed E-state index contributed by atoms with van der Waals surface area (Å²) in [4.78, 5) is 2.30. The van der Waals surface area contributed by atoms with Crippen LogP contribution in [-0.2, 0) is 0 Å². The van der Waals surface area contributed by atoms with Gasteiger partial charge < -0.3 is 9.64 Å². The van der Waals surface area contributed by atoms with E-state index in [1.165, 1.54) is 12.8 Å². The van der Waals surface area contributed by atoms with E-state index in [0.29, 0.717) is 0 Å². The maximum atomic E-state index is 9.15. The van der Waals surface area contributed by atoms with Crippen LogP contribution in [0.25, 0.3) is 0 Å². The van der Waals surface area contributed by atoms with Gasteiger partial charge >= 0.3 is 0 Å². The Morgan fingerprint density at radius 1 is 1.53 bits per heavy atom. The van der Waals surface area contributed by atoms with Crippen LogP contribution in [0.3, 0.4) is 0 Å². The van der Waals surface area contributed by atoms with Crippen molar-refractivity contribution in [3.63, 3.8) is 0 Å². The molecular formula is C14H18N2O. The Morgan fingerprint density at radius 3 is 2.94 bits per heavy atom. The van der Waals surface area contributed by atoms with E-state index < -0.39 is 0 Å². The molecule has 1 aliphatic rings. The molecule has 0 amide bonds. The molecule has 0 radical (unpaired) electrons. The molecule has 1 aromatic carbocycles. The van der Waals surface area contributed by atoms with E-state index in [1.54, 1.807) is 7.11 Å². The minimum absolute atomic E-state index is 0.738. The van der Waals surface area contributed by atoms with Gasteiger partial charge in [0.1, 0.15) is 11.8 Å². The lowest BCUT2D eigenvalue weighted by Crippen LogP contribution is -2.20. The third kappa shape index (κ3) is 2.36. The first-order valence-corrected chi connectivity index (χ1v) is 6.11. The van der Waals surface area contributed by atoms with Crippen LogP contribution in [-0.4, -0.2) is 20.2 Å². The fraction of sp³-hybridized carbons (Fsp3) is 0.500. The van der Waals surface area contributed by atoms with Gasteiger partial charge in [0, 0.05) is 19.2 Å². The Kier molecular flexibility index (Phi) is 3.53. The molecule has 1 unspecified atom stereocenters. The summed E-state index contributed by atoms with van der Waals surface area (Å²) in [7, 11) is 1.66. The molecule has 0 aliphatic carbocycles. The highest BCUT2D eigenvalue weighted by molar-refractivity contribution is 5.62. The number of methoxy groups -OCH3 is 1. The molecule has 1 aliphatic heterocycles. The number of benzene rings is 1. The maximum absolute atomic E-state index is 9.15. The predicted octanol–water partition coefficient (Wildman–Crippen LogP) is 2.80. The second-order valence-corrected chi connectivity index (χ2v) is 4.50. The molecule has 1 aromatic rings. The summed E-state index contributed by atoms with van der Waals surface area (Å²) in [5, 5.41) is 9.15. The van der Waals surface area contributed by atoms with Gasteiger partial charge in [-0.05, 0) is 24.5 Å². The molecule has 17 heavy (non-hydrogen) atoms. The summed E-state index contributed by atoms with van der Waals surface area (Å²) in [6, 6.07) is 7.91. The Labute approximate surface area is 103 Å². The minimum atomic E-state index is 0.738. The minimum Gasteiger partial charge on any atom is -0.497 e. The van der Waals surface area contributed by atoms with Gasteiger partial charge in [0.15, 0.2) is 0 Å². The predicted molar refractivity (Wildman–Crippen MR) is 68.3 cm³/mol. The molecule has 0 aromatic heterocycles. The standard InChI is InChI=1S/C14H18N2O/c1-3-11-6-7-16(10-11)14-8-13(17-2)5-4-12(14)9-15/h4-5,8,11H,3,6-7,10H2,1-2H3. The highest BCUT2D eigenvalue weighted by Gasteiger charge is 2.23. The Bertz CT molecular complexity index is 436. The van der Waals surface area contributed by atoms with Gasteiger partial charge in [-0.15, -0.1) is 0 Å². The second kappa shape index (κ2) is 5.09. The van der Waals surface area contributed by atoms with Gasteiger partial charge in [0.25, 0.3) is 0 Å². The molecule has 0 saturated carbocycles. The van der Waals surface area contributed by atoms with Crippen LogP contribution in [0, 0.1) is 17.2 Å². The van der Waals surface area contributed by atoms with Gasteiger partial charge in [-0.3, -0.25) is 0 Å². The fourth-order valence-electron chi connectivity index (χ4n) is 2.38. The monoisotopic (exact) mass is 230 g/mol. The number of nitriles is 1. The number of hydrogen-bond acceptors (Lipinski definition) is 3.